The fraction of sp³-hybridized carbons (Fsp3) is 0.317. The maximum Gasteiger partial charge on any atom is 0.347 e. The Labute approximate surface area is 289 Å². The van der Waals surface area contributed by atoms with Gasteiger partial charge in [0.05, 0.1) is 0 Å². The second-order valence-electron chi connectivity index (χ2n) is 12.1. The lowest BCUT2D eigenvalue weighted by molar-refractivity contribution is 0.0714. The van der Waals surface area contributed by atoms with E-state index in [-0.39, 0.29) is 0 Å². The van der Waals surface area contributed by atoms with Crippen LogP contribution in [0, 0.1) is 0 Å². The van der Waals surface area contributed by atoms with Gasteiger partial charge in [0.1, 0.15) is 47.3 Å². The number of carbonyl (C=O) groups is 2. The normalized spacial score (nSPS) is 11.3. The largest absolute Gasteiger partial charge is 0.491 e. The van der Waals surface area contributed by atoms with E-state index in [9.17, 15) is 9.59 Å². The van der Waals surface area contributed by atoms with E-state index in [0.717, 1.165) is 67.1 Å². The molecule has 5 rings (SSSR count). The average molecular weight is 663 g/mol. The highest BCUT2D eigenvalue weighted by Gasteiger charge is 2.19. The summed E-state index contributed by atoms with van der Waals surface area (Å²) in [6.07, 6.45) is 2.12. The van der Waals surface area contributed by atoms with E-state index >= 15 is 0 Å². The number of hydrogen-bond donors (Lipinski definition) is 0. The van der Waals surface area contributed by atoms with Gasteiger partial charge < -0.3 is 28.7 Å². The molecule has 8 nitrogen and oxygen atoms in total. The van der Waals surface area contributed by atoms with Crippen LogP contribution in [0.25, 0.3) is 21.5 Å². The fourth-order valence-electron chi connectivity index (χ4n) is 5.73. The van der Waals surface area contributed by atoms with Crippen LogP contribution in [0.4, 0.5) is 0 Å². The van der Waals surface area contributed by atoms with Crippen molar-refractivity contribution in [1.82, 2.24) is 9.80 Å². The first kappa shape index (κ1) is 35.4. The molecule has 5 aromatic carbocycles. The molecule has 0 aliphatic rings. The van der Waals surface area contributed by atoms with Crippen LogP contribution in [0.5, 0.6) is 23.0 Å². The molecule has 0 atom stereocenters. The predicted octanol–water partition coefficient (Wildman–Crippen LogP) is 8.26. The number of ether oxygens (including phenoxy) is 4. The lowest BCUT2D eigenvalue weighted by atomic mass is 10.1. The number of benzene rings is 5. The van der Waals surface area contributed by atoms with Gasteiger partial charge in [0.15, 0.2) is 0 Å². The topological polar surface area (TPSA) is 77.5 Å². The van der Waals surface area contributed by atoms with Gasteiger partial charge in [-0.3, -0.25) is 0 Å². The van der Waals surface area contributed by atoms with Gasteiger partial charge >= 0.3 is 11.9 Å². The third-order valence-corrected chi connectivity index (χ3v) is 8.37. The van der Waals surface area contributed by atoms with Crippen molar-refractivity contribution < 1.29 is 28.5 Å². The SMILES string of the molecule is CCCN(C)CCOc1cc2ccccc2cc1C(=O)Oc1ccc(OC(=O)c2cc3ccccc3cc2OCCN(CC)CCC)cc1. The molecule has 0 amide bonds. The van der Waals surface area contributed by atoms with E-state index in [1.807, 2.05) is 67.7 Å². The molecule has 0 saturated heterocycles. The molecular weight excluding hydrogens is 616 g/mol. The molecule has 256 valence electrons. The van der Waals surface area contributed by atoms with Crippen molar-refractivity contribution in [2.45, 2.75) is 33.6 Å². The standard InChI is InChI=1S/C41H46N2O6/c1-5-20-42(4)22-24-46-38-28-32-14-10-8-12-30(32)26-36(38)40(44)48-34-16-18-35(19-17-34)49-41(45)37-27-31-13-9-11-15-33(31)29-39(37)47-25-23-43(7-3)21-6-2/h8-19,26-29H,5-7,20-25H2,1-4H3. The van der Waals surface area contributed by atoms with Crippen LogP contribution in [0.1, 0.15) is 54.3 Å². The van der Waals surface area contributed by atoms with E-state index in [4.69, 9.17) is 18.9 Å². The third kappa shape index (κ3) is 9.59. The zero-order valence-corrected chi connectivity index (χ0v) is 28.9. The number of rotatable bonds is 17. The molecule has 8 heteroatoms. The van der Waals surface area contributed by atoms with Gasteiger partial charge in [-0.15, -0.1) is 0 Å². The van der Waals surface area contributed by atoms with Crippen molar-refractivity contribution in [1.29, 1.82) is 0 Å². The van der Waals surface area contributed by atoms with E-state index in [2.05, 4.69) is 30.6 Å². The number of fused-ring (bicyclic) bond motifs is 2. The van der Waals surface area contributed by atoms with Crippen LogP contribution in [-0.2, 0) is 0 Å². The summed E-state index contributed by atoms with van der Waals surface area (Å²) in [5.41, 5.74) is 0.686. The lowest BCUT2D eigenvalue weighted by Crippen LogP contribution is -2.29. The van der Waals surface area contributed by atoms with Crippen molar-refractivity contribution in [3.8, 4) is 23.0 Å². The minimum atomic E-state index is -0.536. The van der Waals surface area contributed by atoms with E-state index in [1.165, 1.54) is 0 Å². The van der Waals surface area contributed by atoms with Crippen LogP contribution >= 0.6 is 0 Å². The van der Waals surface area contributed by atoms with Crippen LogP contribution in [0.15, 0.2) is 97.1 Å². The Kier molecular flexibility index (Phi) is 12.6. The first-order valence-corrected chi connectivity index (χ1v) is 17.1. The Balaban J connectivity index is 1.28. The van der Waals surface area contributed by atoms with E-state index < -0.39 is 11.9 Å². The van der Waals surface area contributed by atoms with Crippen molar-refractivity contribution in [2.24, 2.45) is 0 Å². The van der Waals surface area contributed by atoms with Crippen molar-refractivity contribution >= 4 is 33.5 Å². The van der Waals surface area contributed by atoms with Gasteiger partial charge in [-0.1, -0.05) is 69.3 Å². The number of likely N-dealkylation sites (N-methyl/N-ethyl adjacent to an activating group) is 2. The summed E-state index contributed by atoms with van der Waals surface area (Å²) < 4.78 is 23.8. The minimum absolute atomic E-state index is 0.314. The highest BCUT2D eigenvalue weighted by molar-refractivity contribution is 6.00. The number of hydrogen-bond acceptors (Lipinski definition) is 8. The maximum absolute atomic E-state index is 13.5. The molecule has 0 N–H and O–H groups in total. The first-order valence-electron chi connectivity index (χ1n) is 17.1. The monoisotopic (exact) mass is 662 g/mol. The highest BCUT2D eigenvalue weighted by atomic mass is 16.5. The van der Waals surface area contributed by atoms with E-state index in [1.54, 1.807) is 36.4 Å². The zero-order chi connectivity index (χ0) is 34.6. The maximum atomic E-state index is 13.5. The second kappa shape index (κ2) is 17.5. The number of carbonyl (C=O) groups excluding carboxylic acids is 2. The highest BCUT2D eigenvalue weighted by Crippen LogP contribution is 2.30. The number of esters is 2. The molecule has 0 bridgehead atoms. The molecular formula is C41H46N2O6. The van der Waals surface area contributed by atoms with Gasteiger partial charge in [0.25, 0.3) is 0 Å². The Morgan fingerprint density at radius 1 is 0.551 bits per heavy atom. The molecule has 0 aromatic heterocycles. The zero-order valence-electron chi connectivity index (χ0n) is 28.9. The molecule has 0 heterocycles. The predicted molar refractivity (Wildman–Crippen MR) is 195 cm³/mol. The summed E-state index contributed by atoms with van der Waals surface area (Å²) in [5, 5.41) is 3.77. The Morgan fingerprint density at radius 3 is 1.41 bits per heavy atom. The summed E-state index contributed by atoms with van der Waals surface area (Å²) in [5.74, 6) is 0.510. The summed E-state index contributed by atoms with van der Waals surface area (Å²) in [6.45, 7) is 11.7. The molecule has 49 heavy (non-hydrogen) atoms. The molecule has 5 aromatic rings. The summed E-state index contributed by atoms with van der Waals surface area (Å²) in [4.78, 5) is 31.4. The molecule has 0 unspecified atom stereocenters. The molecule has 0 aliphatic heterocycles. The van der Waals surface area contributed by atoms with Gasteiger partial charge in [-0.05, 0) is 110 Å². The third-order valence-electron chi connectivity index (χ3n) is 8.37. The quantitative estimate of drug-likeness (QED) is 0.0728. The summed E-state index contributed by atoms with van der Waals surface area (Å²) in [6, 6.07) is 29.4. The molecule has 0 spiro atoms. The van der Waals surface area contributed by atoms with E-state index in [0.29, 0.717) is 47.3 Å². The van der Waals surface area contributed by atoms with Crippen molar-refractivity contribution in [3.05, 3.63) is 108 Å². The molecule has 0 fully saturated rings. The molecule has 0 radical (unpaired) electrons. The Morgan fingerprint density at radius 2 is 0.980 bits per heavy atom. The second-order valence-corrected chi connectivity index (χ2v) is 12.1. The van der Waals surface area contributed by atoms with Crippen LogP contribution in [0.3, 0.4) is 0 Å². The minimum Gasteiger partial charge on any atom is -0.491 e. The van der Waals surface area contributed by atoms with Crippen molar-refractivity contribution in [2.75, 3.05) is 53.0 Å². The Hall–Kier alpha value is -4.92. The first-order chi connectivity index (χ1) is 23.9. The molecule has 0 saturated carbocycles. The van der Waals surface area contributed by atoms with Crippen LogP contribution in [0.2, 0.25) is 0 Å². The van der Waals surface area contributed by atoms with Gasteiger partial charge in [0.2, 0.25) is 0 Å². The van der Waals surface area contributed by atoms with Crippen LogP contribution < -0.4 is 18.9 Å². The summed E-state index contributed by atoms with van der Waals surface area (Å²) in [7, 11) is 2.05. The lowest BCUT2D eigenvalue weighted by Gasteiger charge is -2.20. The number of nitrogens with zero attached hydrogens (tertiary/aromatic N) is 2. The Bertz CT molecular complexity index is 1860. The van der Waals surface area contributed by atoms with Gasteiger partial charge in [-0.25, -0.2) is 9.59 Å². The average Bonchev–Trinajstić information content (AvgIpc) is 3.11. The van der Waals surface area contributed by atoms with Crippen molar-refractivity contribution in [3.63, 3.8) is 0 Å². The fourth-order valence-corrected chi connectivity index (χ4v) is 5.73. The van der Waals surface area contributed by atoms with Crippen LogP contribution in [-0.4, -0.2) is 74.7 Å². The van der Waals surface area contributed by atoms with Gasteiger partial charge in [-0.2, -0.15) is 0 Å². The van der Waals surface area contributed by atoms with Gasteiger partial charge in [0, 0.05) is 13.1 Å². The molecule has 0 aliphatic carbocycles. The smallest absolute Gasteiger partial charge is 0.347 e. The summed E-state index contributed by atoms with van der Waals surface area (Å²) >= 11 is 0.